The third-order valence-electron chi connectivity index (χ3n) is 2.54. The first-order valence-electron chi connectivity index (χ1n) is 5.53. The molecule has 0 bridgehead atoms. The van der Waals surface area contributed by atoms with Gasteiger partial charge in [-0.05, 0) is 31.9 Å². The van der Waals surface area contributed by atoms with Crippen LogP contribution in [0.3, 0.4) is 0 Å². The average molecular weight is 235 g/mol. The molecule has 0 spiro atoms. The Bertz CT molecular complexity index is 508. The highest BCUT2D eigenvalue weighted by Crippen LogP contribution is 2.24. The van der Waals surface area contributed by atoms with Crippen molar-refractivity contribution in [2.45, 2.75) is 19.8 Å². The Morgan fingerprint density at radius 2 is 2.18 bits per heavy atom. The predicted octanol–water partition coefficient (Wildman–Crippen LogP) is 2.71. The van der Waals surface area contributed by atoms with Gasteiger partial charge in [0, 0.05) is 12.7 Å². The van der Waals surface area contributed by atoms with Crippen molar-refractivity contribution in [3.63, 3.8) is 0 Å². The lowest BCUT2D eigenvalue weighted by Gasteiger charge is -1.99. The molecule has 1 N–H and O–H groups in total. The van der Waals surface area contributed by atoms with E-state index in [0.717, 1.165) is 11.3 Å². The van der Waals surface area contributed by atoms with Crippen molar-refractivity contribution >= 4 is 0 Å². The maximum absolute atomic E-state index is 13.6. The summed E-state index contributed by atoms with van der Waals surface area (Å²) in [6.07, 6.45) is 1.26. The van der Waals surface area contributed by atoms with E-state index >= 15 is 0 Å². The smallest absolute Gasteiger partial charge is 0.170 e. The van der Waals surface area contributed by atoms with E-state index in [9.17, 15) is 4.39 Å². The molecule has 0 atom stereocenters. The first kappa shape index (κ1) is 11.8. The van der Waals surface area contributed by atoms with Gasteiger partial charge in [-0.3, -0.25) is 0 Å². The van der Waals surface area contributed by atoms with Crippen molar-refractivity contribution in [2.24, 2.45) is 0 Å². The maximum atomic E-state index is 13.6. The zero-order valence-electron chi connectivity index (χ0n) is 9.61. The number of aliphatic hydroxyl groups is 1. The molecule has 17 heavy (non-hydrogen) atoms. The summed E-state index contributed by atoms with van der Waals surface area (Å²) in [4.78, 5) is 0. The molecule has 90 valence electrons. The first-order chi connectivity index (χ1) is 8.20. The minimum atomic E-state index is -0.319. The zero-order valence-corrected chi connectivity index (χ0v) is 9.61. The summed E-state index contributed by atoms with van der Waals surface area (Å²) < 4.78 is 18.7. The van der Waals surface area contributed by atoms with Crippen molar-refractivity contribution in [3.05, 3.63) is 41.3 Å². The predicted molar refractivity (Wildman–Crippen MR) is 62.0 cm³/mol. The lowest BCUT2D eigenvalue weighted by atomic mass is 10.1. The third kappa shape index (κ3) is 2.71. The number of aromatic nitrogens is 1. The topological polar surface area (TPSA) is 46.3 Å². The summed E-state index contributed by atoms with van der Waals surface area (Å²) in [5.74, 6) is 0.111. The fourth-order valence-corrected chi connectivity index (χ4v) is 1.64. The van der Waals surface area contributed by atoms with E-state index in [4.69, 9.17) is 9.63 Å². The van der Waals surface area contributed by atoms with Gasteiger partial charge in [-0.15, -0.1) is 0 Å². The van der Waals surface area contributed by atoms with Gasteiger partial charge < -0.3 is 9.63 Å². The van der Waals surface area contributed by atoms with Crippen molar-refractivity contribution in [1.29, 1.82) is 0 Å². The average Bonchev–Trinajstić information content (AvgIpc) is 2.78. The monoisotopic (exact) mass is 235 g/mol. The summed E-state index contributed by atoms with van der Waals surface area (Å²) in [5.41, 5.74) is 2.12. The zero-order chi connectivity index (χ0) is 12.3. The molecule has 0 aliphatic rings. The Morgan fingerprint density at radius 1 is 1.35 bits per heavy atom. The molecule has 1 aromatic carbocycles. The van der Waals surface area contributed by atoms with Gasteiger partial charge in [0.05, 0.1) is 11.3 Å². The Labute approximate surface area is 98.9 Å². The van der Waals surface area contributed by atoms with E-state index in [-0.39, 0.29) is 12.4 Å². The molecule has 0 unspecified atom stereocenters. The van der Waals surface area contributed by atoms with Gasteiger partial charge >= 0.3 is 0 Å². The van der Waals surface area contributed by atoms with Gasteiger partial charge in [-0.2, -0.15) is 0 Å². The van der Waals surface area contributed by atoms with Crippen LogP contribution in [0.25, 0.3) is 11.3 Å². The molecule has 0 amide bonds. The molecule has 2 aromatic rings. The fourth-order valence-electron chi connectivity index (χ4n) is 1.64. The Hall–Kier alpha value is -1.68. The van der Waals surface area contributed by atoms with E-state index in [2.05, 4.69) is 5.16 Å². The highest BCUT2D eigenvalue weighted by molar-refractivity contribution is 5.59. The number of benzene rings is 1. The number of hydrogen-bond donors (Lipinski definition) is 1. The fraction of sp³-hybridized carbons (Fsp3) is 0.308. The molecule has 0 aliphatic carbocycles. The molecule has 0 fully saturated rings. The van der Waals surface area contributed by atoms with E-state index in [1.807, 2.05) is 6.92 Å². The van der Waals surface area contributed by atoms with Crippen LogP contribution in [0, 0.1) is 12.7 Å². The van der Waals surface area contributed by atoms with Crippen LogP contribution >= 0.6 is 0 Å². The molecule has 0 saturated heterocycles. The third-order valence-corrected chi connectivity index (χ3v) is 2.54. The van der Waals surface area contributed by atoms with Gasteiger partial charge in [0.2, 0.25) is 0 Å². The summed E-state index contributed by atoms with van der Waals surface area (Å²) in [6.45, 7) is 2.01. The molecular weight excluding hydrogens is 221 g/mol. The molecule has 1 heterocycles. The summed E-state index contributed by atoms with van der Waals surface area (Å²) in [5, 5.41) is 12.6. The van der Waals surface area contributed by atoms with Crippen LogP contribution in [-0.2, 0) is 6.42 Å². The van der Waals surface area contributed by atoms with Gasteiger partial charge in [0.25, 0.3) is 0 Å². The normalized spacial score (nSPS) is 10.8. The van der Waals surface area contributed by atoms with Crippen molar-refractivity contribution in [1.82, 2.24) is 5.16 Å². The Morgan fingerprint density at radius 3 is 2.94 bits per heavy atom. The second kappa shape index (κ2) is 5.10. The van der Waals surface area contributed by atoms with Gasteiger partial charge in [0.15, 0.2) is 5.76 Å². The lowest BCUT2D eigenvalue weighted by Crippen LogP contribution is -1.88. The van der Waals surface area contributed by atoms with Crippen LogP contribution in [0.1, 0.15) is 17.7 Å². The van der Waals surface area contributed by atoms with Crippen LogP contribution in [0.2, 0.25) is 0 Å². The molecule has 0 aliphatic heterocycles. The summed E-state index contributed by atoms with van der Waals surface area (Å²) in [6, 6.07) is 6.57. The molecular formula is C13H14FNO2. The van der Waals surface area contributed by atoms with Crippen LogP contribution in [0.4, 0.5) is 4.39 Å². The number of aryl methyl sites for hydroxylation is 2. The number of halogens is 1. The number of aliphatic hydroxyl groups excluding tert-OH is 1. The lowest BCUT2D eigenvalue weighted by molar-refractivity contribution is 0.287. The molecule has 3 nitrogen and oxygen atoms in total. The molecule has 4 heteroatoms. The van der Waals surface area contributed by atoms with Crippen LogP contribution in [-0.4, -0.2) is 16.9 Å². The van der Waals surface area contributed by atoms with E-state index < -0.39 is 0 Å². The highest BCUT2D eigenvalue weighted by Gasteiger charge is 2.11. The van der Waals surface area contributed by atoms with E-state index in [1.165, 1.54) is 6.07 Å². The van der Waals surface area contributed by atoms with Crippen LogP contribution < -0.4 is 0 Å². The highest BCUT2D eigenvalue weighted by atomic mass is 19.1. The Kier molecular flexibility index (Phi) is 3.54. The maximum Gasteiger partial charge on any atom is 0.170 e. The number of nitrogens with zero attached hydrogens (tertiary/aromatic N) is 1. The minimum Gasteiger partial charge on any atom is -0.396 e. The SMILES string of the molecule is Cc1ccc(F)c(-c2cc(CCCO)no2)c1. The number of rotatable bonds is 4. The van der Waals surface area contributed by atoms with Gasteiger partial charge in [-0.1, -0.05) is 16.8 Å². The first-order valence-corrected chi connectivity index (χ1v) is 5.53. The van der Waals surface area contributed by atoms with E-state index in [1.54, 1.807) is 18.2 Å². The molecule has 1 aromatic heterocycles. The molecule has 0 radical (unpaired) electrons. The molecule has 2 rings (SSSR count). The van der Waals surface area contributed by atoms with Gasteiger partial charge in [-0.25, -0.2) is 4.39 Å². The second-order valence-electron chi connectivity index (χ2n) is 3.99. The van der Waals surface area contributed by atoms with Crippen LogP contribution in [0.15, 0.2) is 28.8 Å². The summed E-state index contributed by atoms with van der Waals surface area (Å²) >= 11 is 0. The molecule has 0 saturated carbocycles. The number of hydrogen-bond acceptors (Lipinski definition) is 3. The van der Waals surface area contributed by atoms with Crippen molar-refractivity contribution in [2.75, 3.05) is 6.61 Å². The Balaban J connectivity index is 2.27. The minimum absolute atomic E-state index is 0.112. The largest absolute Gasteiger partial charge is 0.396 e. The standard InChI is InChI=1S/C13H14FNO2/c1-9-4-5-12(14)11(7-9)13-8-10(15-17-13)3-2-6-16/h4-5,7-8,16H,2-3,6H2,1H3. The quantitative estimate of drug-likeness (QED) is 0.886. The second-order valence-corrected chi connectivity index (χ2v) is 3.99. The van der Waals surface area contributed by atoms with Gasteiger partial charge in [0.1, 0.15) is 5.82 Å². The van der Waals surface area contributed by atoms with Crippen LogP contribution in [0.5, 0.6) is 0 Å². The summed E-state index contributed by atoms with van der Waals surface area (Å²) in [7, 11) is 0. The van der Waals surface area contributed by atoms with Crippen molar-refractivity contribution in [3.8, 4) is 11.3 Å². The van der Waals surface area contributed by atoms with Crippen molar-refractivity contribution < 1.29 is 14.0 Å². The van der Waals surface area contributed by atoms with E-state index in [0.29, 0.717) is 24.2 Å².